The zero-order chi connectivity index (χ0) is 13.4. The summed E-state index contributed by atoms with van der Waals surface area (Å²) in [5.74, 6) is 0.952. The topological polar surface area (TPSA) is 37.3 Å². The summed E-state index contributed by atoms with van der Waals surface area (Å²) in [6, 6.07) is 16.6. The maximum Gasteiger partial charge on any atom is 0.133 e. The van der Waals surface area contributed by atoms with Gasteiger partial charge in [-0.25, -0.2) is 0 Å². The third kappa shape index (κ3) is 1.75. The van der Waals surface area contributed by atoms with E-state index in [0.717, 1.165) is 17.1 Å². The molecule has 3 aromatic rings. The van der Waals surface area contributed by atoms with Crippen LogP contribution >= 0.6 is 0 Å². The molecule has 0 bridgehead atoms. The molecule has 0 radical (unpaired) electrons. The summed E-state index contributed by atoms with van der Waals surface area (Å²) in [6.45, 7) is 0.662. The molecule has 4 rings (SSSR count). The number of nitrogens with zero attached hydrogens (tertiary/aromatic N) is 2. The standard InChI is InChI=1S/C17H13N3/c1-3-13-4-2-6-15-16(13)14(5-1)17(20-15)19-11-12-7-9-18-10-8-12/h1-10H,11H2,(H,19,20). The first-order chi connectivity index (χ1) is 9.92. The first kappa shape index (κ1) is 11.2. The number of hydrogen-bond acceptors (Lipinski definition) is 2. The molecule has 0 fully saturated rings. The van der Waals surface area contributed by atoms with E-state index in [9.17, 15) is 0 Å². The maximum atomic E-state index is 4.71. The molecule has 2 aromatic carbocycles. The largest absolute Gasteiger partial charge is 0.339 e. The van der Waals surface area contributed by atoms with Gasteiger partial charge in [0, 0.05) is 29.0 Å². The van der Waals surface area contributed by atoms with Crippen molar-refractivity contribution in [2.24, 2.45) is 4.99 Å². The predicted molar refractivity (Wildman–Crippen MR) is 82.0 cm³/mol. The van der Waals surface area contributed by atoms with Crippen molar-refractivity contribution in [2.45, 2.75) is 6.54 Å². The molecule has 1 aliphatic heterocycles. The minimum atomic E-state index is 0.662. The predicted octanol–water partition coefficient (Wildman–Crippen LogP) is 3.61. The Balaban J connectivity index is 1.75. The molecule has 0 atom stereocenters. The van der Waals surface area contributed by atoms with E-state index in [-0.39, 0.29) is 0 Å². The minimum Gasteiger partial charge on any atom is -0.339 e. The molecule has 0 amide bonds. The fourth-order valence-electron chi connectivity index (χ4n) is 2.62. The van der Waals surface area contributed by atoms with E-state index in [2.05, 4.69) is 46.7 Å². The number of anilines is 1. The molecule has 3 nitrogen and oxygen atoms in total. The van der Waals surface area contributed by atoms with Gasteiger partial charge in [-0.1, -0.05) is 30.3 Å². The maximum absolute atomic E-state index is 4.71. The Morgan fingerprint density at radius 2 is 1.75 bits per heavy atom. The number of hydrogen-bond donors (Lipinski definition) is 1. The summed E-state index contributed by atoms with van der Waals surface area (Å²) in [4.78, 5) is 8.74. The highest BCUT2D eigenvalue weighted by Crippen LogP contribution is 2.33. The van der Waals surface area contributed by atoms with Crippen LogP contribution in [0.5, 0.6) is 0 Å². The lowest BCUT2D eigenvalue weighted by molar-refractivity contribution is 1.06. The Kier molecular flexibility index (Phi) is 2.49. The van der Waals surface area contributed by atoms with Crippen molar-refractivity contribution in [1.82, 2.24) is 4.98 Å². The van der Waals surface area contributed by atoms with Crippen LogP contribution in [0.15, 0.2) is 65.9 Å². The van der Waals surface area contributed by atoms with Gasteiger partial charge >= 0.3 is 0 Å². The van der Waals surface area contributed by atoms with Crippen molar-refractivity contribution in [3.63, 3.8) is 0 Å². The average molecular weight is 259 g/mol. The average Bonchev–Trinajstić information content (AvgIpc) is 2.87. The second kappa shape index (κ2) is 4.46. The molecule has 2 heterocycles. The summed E-state index contributed by atoms with van der Waals surface area (Å²) in [5, 5.41) is 5.93. The third-order valence-corrected chi connectivity index (χ3v) is 3.58. The zero-order valence-electron chi connectivity index (χ0n) is 10.9. The second-order valence-electron chi connectivity index (χ2n) is 4.85. The first-order valence-electron chi connectivity index (χ1n) is 6.64. The monoisotopic (exact) mass is 259 g/mol. The highest BCUT2D eigenvalue weighted by Gasteiger charge is 2.18. The van der Waals surface area contributed by atoms with Crippen LogP contribution in [0.4, 0.5) is 5.69 Å². The number of pyridine rings is 1. The van der Waals surface area contributed by atoms with Crippen LogP contribution < -0.4 is 5.32 Å². The van der Waals surface area contributed by atoms with Crippen molar-refractivity contribution in [3.05, 3.63) is 72.1 Å². The highest BCUT2D eigenvalue weighted by molar-refractivity contribution is 6.25. The van der Waals surface area contributed by atoms with Gasteiger partial charge in [-0.2, -0.15) is 0 Å². The second-order valence-corrected chi connectivity index (χ2v) is 4.85. The SMILES string of the molecule is c1cc2c3c(cccc3c1)C(=NCc1ccncc1)N2. The Morgan fingerprint density at radius 3 is 2.60 bits per heavy atom. The van der Waals surface area contributed by atoms with Gasteiger partial charge < -0.3 is 5.32 Å². The number of amidine groups is 1. The molecule has 0 spiro atoms. The van der Waals surface area contributed by atoms with E-state index in [4.69, 9.17) is 4.99 Å². The van der Waals surface area contributed by atoms with Gasteiger partial charge in [0.25, 0.3) is 0 Å². The Bertz CT molecular complexity index is 802. The Hall–Kier alpha value is -2.68. The van der Waals surface area contributed by atoms with E-state index in [1.54, 1.807) is 12.4 Å². The van der Waals surface area contributed by atoms with E-state index in [1.165, 1.54) is 16.3 Å². The molecule has 0 unspecified atom stereocenters. The van der Waals surface area contributed by atoms with Crippen molar-refractivity contribution < 1.29 is 0 Å². The molecule has 0 aliphatic carbocycles. The van der Waals surface area contributed by atoms with E-state index >= 15 is 0 Å². The third-order valence-electron chi connectivity index (χ3n) is 3.58. The van der Waals surface area contributed by atoms with Gasteiger partial charge in [-0.3, -0.25) is 9.98 Å². The molecule has 0 saturated carbocycles. The van der Waals surface area contributed by atoms with Gasteiger partial charge in [0.05, 0.1) is 6.54 Å². The fraction of sp³-hybridized carbons (Fsp3) is 0.0588. The van der Waals surface area contributed by atoms with Crippen molar-refractivity contribution in [1.29, 1.82) is 0 Å². The molecule has 1 aromatic heterocycles. The summed E-state index contributed by atoms with van der Waals surface area (Å²) < 4.78 is 0. The van der Waals surface area contributed by atoms with Crippen LogP contribution in [0.1, 0.15) is 11.1 Å². The smallest absolute Gasteiger partial charge is 0.133 e. The van der Waals surface area contributed by atoms with Crippen LogP contribution in [0.3, 0.4) is 0 Å². The lowest BCUT2D eigenvalue weighted by Crippen LogP contribution is -2.07. The number of benzene rings is 2. The molecule has 20 heavy (non-hydrogen) atoms. The van der Waals surface area contributed by atoms with Crippen molar-refractivity contribution in [2.75, 3.05) is 5.32 Å². The van der Waals surface area contributed by atoms with E-state index in [1.807, 2.05) is 12.1 Å². The zero-order valence-corrected chi connectivity index (χ0v) is 10.9. The molecular formula is C17H13N3. The van der Waals surface area contributed by atoms with Crippen molar-refractivity contribution in [3.8, 4) is 0 Å². The van der Waals surface area contributed by atoms with Crippen LogP contribution in [0.25, 0.3) is 10.8 Å². The van der Waals surface area contributed by atoms with Crippen molar-refractivity contribution >= 4 is 22.3 Å². The minimum absolute atomic E-state index is 0.662. The van der Waals surface area contributed by atoms with Gasteiger partial charge in [-0.15, -0.1) is 0 Å². The highest BCUT2D eigenvalue weighted by atomic mass is 15.0. The Morgan fingerprint density at radius 1 is 0.950 bits per heavy atom. The lowest BCUT2D eigenvalue weighted by Gasteiger charge is -2.01. The lowest BCUT2D eigenvalue weighted by atomic mass is 10.1. The molecule has 96 valence electrons. The van der Waals surface area contributed by atoms with E-state index in [0.29, 0.717) is 6.54 Å². The van der Waals surface area contributed by atoms with Gasteiger partial charge in [0.1, 0.15) is 5.84 Å². The van der Waals surface area contributed by atoms with Gasteiger partial charge in [-0.05, 0) is 29.1 Å². The van der Waals surface area contributed by atoms with E-state index < -0.39 is 0 Å². The van der Waals surface area contributed by atoms with Crippen LogP contribution in [0.2, 0.25) is 0 Å². The van der Waals surface area contributed by atoms with Crippen LogP contribution in [-0.2, 0) is 6.54 Å². The summed E-state index contributed by atoms with van der Waals surface area (Å²) >= 11 is 0. The summed E-state index contributed by atoms with van der Waals surface area (Å²) in [6.07, 6.45) is 3.60. The molecular weight excluding hydrogens is 246 g/mol. The van der Waals surface area contributed by atoms with Gasteiger partial charge in [0.2, 0.25) is 0 Å². The molecule has 1 aliphatic rings. The number of nitrogens with one attached hydrogen (secondary N) is 1. The first-order valence-corrected chi connectivity index (χ1v) is 6.64. The normalized spacial score (nSPS) is 14.7. The van der Waals surface area contributed by atoms with Crippen LogP contribution in [-0.4, -0.2) is 10.8 Å². The fourth-order valence-corrected chi connectivity index (χ4v) is 2.62. The molecule has 1 N–H and O–H groups in total. The number of rotatable bonds is 2. The van der Waals surface area contributed by atoms with Crippen LogP contribution in [0, 0.1) is 0 Å². The Labute approximate surface area is 117 Å². The number of aromatic nitrogens is 1. The summed E-state index contributed by atoms with van der Waals surface area (Å²) in [5.41, 5.74) is 3.50. The molecule has 3 heteroatoms. The number of aliphatic imine (C=N–C) groups is 1. The quantitative estimate of drug-likeness (QED) is 0.763. The molecule has 0 saturated heterocycles. The van der Waals surface area contributed by atoms with Gasteiger partial charge in [0.15, 0.2) is 0 Å². The summed E-state index contributed by atoms with van der Waals surface area (Å²) in [7, 11) is 0.